The van der Waals surface area contributed by atoms with Crippen LogP contribution in [0.15, 0.2) is 158 Å². The van der Waals surface area contributed by atoms with Crippen molar-refractivity contribution in [1.29, 1.82) is 0 Å². The molecule has 7 aromatic carbocycles. The largest absolute Gasteiger partial charge is 0.307 e. The molecule has 0 atom stereocenters. The van der Waals surface area contributed by atoms with E-state index in [1.165, 1.54) is 63.8 Å². The second kappa shape index (κ2) is 10.5. The Morgan fingerprint density at radius 1 is 0.380 bits per heavy atom. The van der Waals surface area contributed by atoms with Crippen molar-refractivity contribution in [3.63, 3.8) is 0 Å². The zero-order valence-electron chi connectivity index (χ0n) is 26.7. The molecule has 0 fully saturated rings. The highest BCUT2D eigenvalue weighted by Gasteiger charge is 2.22. The van der Waals surface area contributed by atoms with Gasteiger partial charge in [0.25, 0.3) is 0 Å². The Labute approximate surface area is 290 Å². The summed E-state index contributed by atoms with van der Waals surface area (Å²) >= 11 is 1.85. The lowest BCUT2D eigenvalue weighted by atomic mass is 10.0. The number of nitrogens with zero attached hydrogens (tertiary/aromatic N) is 4. The van der Waals surface area contributed by atoms with Gasteiger partial charge in [0, 0.05) is 53.7 Å². The maximum atomic E-state index is 5.18. The fourth-order valence-corrected chi connectivity index (χ4v) is 9.02. The average molecular weight is 655 g/mol. The summed E-state index contributed by atoms with van der Waals surface area (Å²) in [4.78, 5) is 15.4. The van der Waals surface area contributed by atoms with Crippen LogP contribution in [0.25, 0.3) is 104 Å². The molecule has 0 N–H and O–H groups in total. The summed E-state index contributed by atoms with van der Waals surface area (Å²) in [6, 6.07) is 55.7. The monoisotopic (exact) mass is 654 g/mol. The number of para-hydroxylation sites is 2. The van der Waals surface area contributed by atoms with Crippen LogP contribution in [0.1, 0.15) is 0 Å². The Morgan fingerprint density at radius 3 is 1.70 bits per heavy atom. The van der Waals surface area contributed by atoms with Gasteiger partial charge in [-0.2, -0.15) is 0 Å². The number of benzene rings is 7. The Morgan fingerprint density at radius 2 is 0.920 bits per heavy atom. The molecular weight excluding hydrogens is 629 g/mol. The number of hydrogen-bond donors (Lipinski definition) is 0. The van der Waals surface area contributed by atoms with Crippen LogP contribution in [0.4, 0.5) is 0 Å². The SMILES string of the molecule is c1ccc(-c2ccc(-c3nc(-c4ccccc4)nc(-c4cccc5sc6c(ccc7c8cccc9c%10ccccc%10n(c98)c76)c45)n3)cc2)cc1. The van der Waals surface area contributed by atoms with Gasteiger partial charge in [-0.15, -0.1) is 11.3 Å². The normalized spacial score (nSPS) is 12.0. The Bertz CT molecular complexity index is 3070. The van der Waals surface area contributed by atoms with Gasteiger partial charge < -0.3 is 4.40 Å². The maximum absolute atomic E-state index is 5.18. The van der Waals surface area contributed by atoms with E-state index in [2.05, 4.69) is 138 Å². The Balaban J connectivity index is 1.16. The highest BCUT2D eigenvalue weighted by atomic mass is 32.1. The number of hydrogen-bond acceptors (Lipinski definition) is 4. The van der Waals surface area contributed by atoms with Gasteiger partial charge in [0.05, 0.1) is 21.3 Å². The van der Waals surface area contributed by atoms with Crippen molar-refractivity contribution in [2.24, 2.45) is 0 Å². The molecule has 50 heavy (non-hydrogen) atoms. The van der Waals surface area contributed by atoms with Crippen molar-refractivity contribution in [2.45, 2.75) is 0 Å². The molecule has 0 aliphatic heterocycles. The molecule has 0 amide bonds. The topological polar surface area (TPSA) is 43.1 Å². The van der Waals surface area contributed by atoms with Crippen LogP contribution in [0.5, 0.6) is 0 Å². The van der Waals surface area contributed by atoms with Gasteiger partial charge >= 0.3 is 0 Å². The first-order valence-corrected chi connectivity index (χ1v) is 17.6. The summed E-state index contributed by atoms with van der Waals surface area (Å²) in [6.45, 7) is 0. The molecule has 0 unspecified atom stereocenters. The predicted molar refractivity (Wildman–Crippen MR) is 209 cm³/mol. The van der Waals surface area contributed by atoms with Crippen molar-refractivity contribution in [3.05, 3.63) is 158 Å². The Hall–Kier alpha value is -6.43. The lowest BCUT2D eigenvalue weighted by molar-refractivity contribution is 1.08. The maximum Gasteiger partial charge on any atom is 0.164 e. The molecule has 11 aromatic rings. The third-order valence-corrected chi connectivity index (χ3v) is 11.2. The van der Waals surface area contributed by atoms with E-state index in [0.29, 0.717) is 17.5 Å². The first-order chi connectivity index (χ1) is 24.8. The van der Waals surface area contributed by atoms with Crippen LogP contribution in [-0.2, 0) is 0 Å². The van der Waals surface area contributed by atoms with Crippen molar-refractivity contribution < 1.29 is 0 Å². The second-order valence-corrected chi connectivity index (χ2v) is 13.8. The first kappa shape index (κ1) is 27.5. The van der Waals surface area contributed by atoms with Gasteiger partial charge in [0.15, 0.2) is 17.5 Å². The minimum Gasteiger partial charge on any atom is -0.307 e. The predicted octanol–water partition coefficient (Wildman–Crippen LogP) is 12.1. The fraction of sp³-hybridized carbons (Fsp3) is 0. The van der Waals surface area contributed by atoms with E-state index in [1.54, 1.807) is 0 Å². The zero-order valence-corrected chi connectivity index (χ0v) is 27.5. The number of fused-ring (bicyclic) bond motifs is 10. The van der Waals surface area contributed by atoms with Gasteiger partial charge in [0.1, 0.15) is 0 Å². The van der Waals surface area contributed by atoms with Crippen LogP contribution in [0.2, 0.25) is 0 Å². The van der Waals surface area contributed by atoms with Crippen molar-refractivity contribution in [2.75, 3.05) is 0 Å². The molecule has 4 nitrogen and oxygen atoms in total. The van der Waals surface area contributed by atoms with Crippen LogP contribution < -0.4 is 0 Å². The van der Waals surface area contributed by atoms with Crippen LogP contribution in [-0.4, -0.2) is 19.4 Å². The number of rotatable bonds is 4. The zero-order chi connectivity index (χ0) is 32.8. The summed E-state index contributed by atoms with van der Waals surface area (Å²) in [7, 11) is 0. The van der Waals surface area contributed by atoms with Crippen molar-refractivity contribution in [3.8, 4) is 45.3 Å². The van der Waals surface area contributed by atoms with Crippen LogP contribution in [0.3, 0.4) is 0 Å². The fourth-order valence-electron chi connectivity index (χ4n) is 7.75. The number of aromatic nitrogens is 4. The molecule has 232 valence electrons. The average Bonchev–Trinajstić information content (AvgIpc) is 3.86. The minimum absolute atomic E-state index is 0.655. The van der Waals surface area contributed by atoms with E-state index in [0.717, 1.165) is 22.3 Å². The minimum atomic E-state index is 0.655. The lowest BCUT2D eigenvalue weighted by Gasteiger charge is -2.10. The summed E-state index contributed by atoms with van der Waals surface area (Å²) in [5.74, 6) is 1.98. The van der Waals surface area contributed by atoms with Gasteiger partial charge in [-0.1, -0.05) is 146 Å². The van der Waals surface area contributed by atoms with Gasteiger partial charge in [-0.05, 0) is 23.3 Å². The molecule has 0 saturated carbocycles. The van der Waals surface area contributed by atoms with Crippen LogP contribution in [0, 0.1) is 0 Å². The molecule has 0 aliphatic rings. The van der Waals surface area contributed by atoms with E-state index < -0.39 is 0 Å². The molecule has 0 saturated heterocycles. The van der Waals surface area contributed by atoms with E-state index in [4.69, 9.17) is 15.0 Å². The highest BCUT2D eigenvalue weighted by molar-refractivity contribution is 7.26. The molecule has 11 rings (SSSR count). The van der Waals surface area contributed by atoms with E-state index in [9.17, 15) is 0 Å². The van der Waals surface area contributed by atoms with E-state index in [1.807, 2.05) is 35.6 Å². The van der Waals surface area contributed by atoms with E-state index >= 15 is 0 Å². The quantitative estimate of drug-likeness (QED) is 0.190. The van der Waals surface area contributed by atoms with Crippen molar-refractivity contribution >= 4 is 69.6 Å². The van der Waals surface area contributed by atoms with Gasteiger partial charge in [-0.25, -0.2) is 15.0 Å². The standard InChI is InChI=1S/C45H26N4S/c1-3-11-27(12-4-1)28-21-23-30(24-22-28)44-46-43(29-13-5-2-6-14-29)47-45(48-44)36-18-10-20-38-39(36)35-26-25-34-33-17-9-16-32-31-15-7-8-19-37(31)49(40(32)33)41(34)42(35)50-38/h1-26H. The molecule has 4 heterocycles. The molecule has 0 bridgehead atoms. The molecule has 0 radical (unpaired) electrons. The molecule has 5 heteroatoms. The van der Waals surface area contributed by atoms with Crippen LogP contribution >= 0.6 is 11.3 Å². The summed E-state index contributed by atoms with van der Waals surface area (Å²) in [6.07, 6.45) is 0. The molecule has 0 spiro atoms. The third kappa shape index (κ3) is 3.95. The Kier molecular flexibility index (Phi) is 5.80. The number of thiophene rings is 1. The first-order valence-electron chi connectivity index (χ1n) is 16.8. The van der Waals surface area contributed by atoms with Gasteiger partial charge in [-0.3, -0.25) is 0 Å². The molecule has 0 aliphatic carbocycles. The summed E-state index contributed by atoms with van der Waals surface area (Å²) < 4.78 is 4.98. The molecular formula is C45H26N4S. The van der Waals surface area contributed by atoms with Gasteiger partial charge in [0.2, 0.25) is 0 Å². The summed E-state index contributed by atoms with van der Waals surface area (Å²) in [5.41, 5.74) is 9.05. The molecule has 4 aromatic heterocycles. The van der Waals surface area contributed by atoms with E-state index in [-0.39, 0.29) is 0 Å². The third-order valence-electron chi connectivity index (χ3n) is 10.0. The lowest BCUT2D eigenvalue weighted by Crippen LogP contribution is -2.00. The van der Waals surface area contributed by atoms with Crippen molar-refractivity contribution in [1.82, 2.24) is 19.4 Å². The highest BCUT2D eigenvalue weighted by Crippen LogP contribution is 2.47. The summed E-state index contributed by atoms with van der Waals surface area (Å²) in [5, 5.41) is 7.55. The second-order valence-electron chi connectivity index (χ2n) is 12.8. The smallest absolute Gasteiger partial charge is 0.164 e.